The molecule has 0 radical (unpaired) electrons. The fourth-order valence-corrected chi connectivity index (χ4v) is 1.88. The maximum Gasteiger partial charge on any atom is 0.305 e. The van der Waals surface area contributed by atoms with Crippen molar-refractivity contribution in [2.45, 2.75) is 78.1 Å². The van der Waals surface area contributed by atoms with E-state index in [2.05, 4.69) is 19.1 Å². The molecule has 18 heavy (non-hydrogen) atoms. The maximum absolute atomic E-state index is 11.1. The molecule has 0 saturated carbocycles. The molecule has 2 heteroatoms. The van der Waals surface area contributed by atoms with Gasteiger partial charge in [-0.3, -0.25) is 4.79 Å². The van der Waals surface area contributed by atoms with Crippen molar-refractivity contribution in [3.8, 4) is 0 Å². The quantitative estimate of drug-likeness (QED) is 0.277. The highest BCUT2D eigenvalue weighted by molar-refractivity contribution is 5.69. The smallest absolute Gasteiger partial charge is 0.305 e. The minimum absolute atomic E-state index is 0.0678. The van der Waals surface area contributed by atoms with E-state index in [0.29, 0.717) is 13.0 Å². The van der Waals surface area contributed by atoms with Crippen molar-refractivity contribution in [3.63, 3.8) is 0 Å². The second-order valence-corrected chi connectivity index (χ2v) is 4.73. The molecule has 0 spiro atoms. The number of rotatable bonds is 12. The van der Waals surface area contributed by atoms with E-state index in [0.717, 1.165) is 12.8 Å². The van der Waals surface area contributed by atoms with Crippen LogP contribution in [0.5, 0.6) is 0 Å². The highest BCUT2D eigenvalue weighted by Gasteiger charge is 1.98. The first-order chi connectivity index (χ1) is 8.81. The zero-order chi connectivity index (χ0) is 13.5. The summed E-state index contributed by atoms with van der Waals surface area (Å²) in [6.07, 6.45) is 16.2. The summed E-state index contributed by atoms with van der Waals surface area (Å²) in [6, 6.07) is 0. The summed E-state index contributed by atoms with van der Waals surface area (Å²) in [5.74, 6) is -0.0678. The monoisotopic (exact) mass is 254 g/mol. The molecule has 0 N–H and O–H groups in total. The number of hydrogen-bond donors (Lipinski definition) is 0. The third-order valence-corrected chi connectivity index (χ3v) is 2.95. The first-order valence-corrected chi connectivity index (χ1v) is 7.61. The summed E-state index contributed by atoms with van der Waals surface area (Å²) >= 11 is 0. The zero-order valence-electron chi connectivity index (χ0n) is 12.2. The van der Waals surface area contributed by atoms with Gasteiger partial charge >= 0.3 is 5.97 Å². The molecule has 0 unspecified atom stereocenters. The van der Waals surface area contributed by atoms with Gasteiger partial charge in [0.05, 0.1) is 6.61 Å². The van der Waals surface area contributed by atoms with E-state index >= 15 is 0 Å². The van der Waals surface area contributed by atoms with E-state index in [1.807, 2.05) is 6.92 Å². The SMILES string of the molecule is CCCCCCCC/C=C\CCCC(=O)OCC. The fraction of sp³-hybridized carbons (Fsp3) is 0.812. The van der Waals surface area contributed by atoms with Gasteiger partial charge in [0.15, 0.2) is 0 Å². The van der Waals surface area contributed by atoms with Crippen LogP contribution in [0, 0.1) is 0 Å². The van der Waals surface area contributed by atoms with Crippen molar-refractivity contribution in [2.24, 2.45) is 0 Å². The lowest BCUT2D eigenvalue weighted by atomic mass is 10.1. The molecule has 0 aliphatic rings. The van der Waals surface area contributed by atoms with E-state index in [1.165, 1.54) is 44.9 Å². The predicted octanol–water partition coefficient (Wildman–Crippen LogP) is 5.03. The summed E-state index contributed by atoms with van der Waals surface area (Å²) < 4.78 is 4.87. The number of unbranched alkanes of at least 4 members (excludes halogenated alkanes) is 7. The van der Waals surface area contributed by atoms with E-state index in [-0.39, 0.29) is 5.97 Å². The lowest BCUT2D eigenvalue weighted by molar-refractivity contribution is -0.143. The van der Waals surface area contributed by atoms with Crippen LogP contribution in [0.25, 0.3) is 0 Å². The van der Waals surface area contributed by atoms with Crippen LogP contribution in [-0.4, -0.2) is 12.6 Å². The Labute approximate surface area is 113 Å². The van der Waals surface area contributed by atoms with Gasteiger partial charge in [-0.05, 0) is 32.6 Å². The van der Waals surface area contributed by atoms with E-state index in [4.69, 9.17) is 4.74 Å². The van der Waals surface area contributed by atoms with Crippen molar-refractivity contribution >= 4 is 5.97 Å². The standard InChI is InChI=1S/C16H30O2/c1-3-5-6-7-8-9-10-11-12-13-14-15-16(17)18-4-2/h11-12H,3-10,13-15H2,1-2H3/b12-11-. The Morgan fingerprint density at radius 3 is 2.17 bits per heavy atom. The predicted molar refractivity (Wildman–Crippen MR) is 77.6 cm³/mol. The van der Waals surface area contributed by atoms with Gasteiger partial charge in [-0.25, -0.2) is 0 Å². The summed E-state index contributed by atoms with van der Waals surface area (Å²) in [6.45, 7) is 4.59. The average molecular weight is 254 g/mol. The molecule has 0 aliphatic carbocycles. The molecule has 0 heterocycles. The number of esters is 1. The van der Waals surface area contributed by atoms with Gasteiger partial charge in [-0.15, -0.1) is 0 Å². The first-order valence-electron chi connectivity index (χ1n) is 7.61. The average Bonchev–Trinajstić information content (AvgIpc) is 2.36. The number of carbonyl (C=O) groups excluding carboxylic acids is 1. The molecule has 0 atom stereocenters. The number of hydrogen-bond acceptors (Lipinski definition) is 2. The van der Waals surface area contributed by atoms with Gasteiger partial charge in [-0.2, -0.15) is 0 Å². The molecule has 0 amide bonds. The van der Waals surface area contributed by atoms with Gasteiger partial charge in [0.1, 0.15) is 0 Å². The van der Waals surface area contributed by atoms with E-state index < -0.39 is 0 Å². The fourth-order valence-electron chi connectivity index (χ4n) is 1.88. The Morgan fingerprint density at radius 2 is 1.50 bits per heavy atom. The Kier molecular flexibility index (Phi) is 13.6. The molecule has 0 aromatic heterocycles. The highest BCUT2D eigenvalue weighted by atomic mass is 16.5. The summed E-state index contributed by atoms with van der Waals surface area (Å²) in [7, 11) is 0. The van der Waals surface area contributed by atoms with Crippen LogP contribution in [0.4, 0.5) is 0 Å². The van der Waals surface area contributed by atoms with Gasteiger partial charge in [0, 0.05) is 6.42 Å². The largest absolute Gasteiger partial charge is 0.466 e. The summed E-state index contributed by atoms with van der Waals surface area (Å²) in [5, 5.41) is 0. The number of carbonyl (C=O) groups is 1. The van der Waals surface area contributed by atoms with Crippen LogP contribution in [0.2, 0.25) is 0 Å². The third kappa shape index (κ3) is 13.3. The molecule has 0 saturated heterocycles. The Balaban J connectivity index is 3.16. The van der Waals surface area contributed by atoms with Gasteiger partial charge in [0.2, 0.25) is 0 Å². The second kappa shape index (κ2) is 14.3. The molecule has 0 bridgehead atoms. The molecular formula is C16H30O2. The normalized spacial score (nSPS) is 11.0. The van der Waals surface area contributed by atoms with E-state index in [1.54, 1.807) is 0 Å². The molecule has 0 fully saturated rings. The van der Waals surface area contributed by atoms with Crippen LogP contribution >= 0.6 is 0 Å². The molecule has 0 aliphatic heterocycles. The van der Waals surface area contributed by atoms with Crippen LogP contribution < -0.4 is 0 Å². The van der Waals surface area contributed by atoms with Crippen LogP contribution in [-0.2, 0) is 9.53 Å². The Morgan fingerprint density at radius 1 is 0.889 bits per heavy atom. The molecule has 0 rings (SSSR count). The second-order valence-electron chi connectivity index (χ2n) is 4.73. The first kappa shape index (κ1) is 17.2. The molecule has 0 aromatic rings. The summed E-state index contributed by atoms with van der Waals surface area (Å²) in [4.78, 5) is 11.1. The van der Waals surface area contributed by atoms with Crippen molar-refractivity contribution in [1.29, 1.82) is 0 Å². The van der Waals surface area contributed by atoms with E-state index in [9.17, 15) is 4.79 Å². The van der Waals surface area contributed by atoms with Gasteiger partial charge in [0.25, 0.3) is 0 Å². The zero-order valence-corrected chi connectivity index (χ0v) is 12.2. The minimum Gasteiger partial charge on any atom is -0.466 e. The minimum atomic E-state index is -0.0678. The molecular weight excluding hydrogens is 224 g/mol. The maximum atomic E-state index is 11.1. The third-order valence-electron chi connectivity index (χ3n) is 2.95. The van der Waals surface area contributed by atoms with Gasteiger partial charge in [-0.1, -0.05) is 51.2 Å². The lowest BCUT2D eigenvalue weighted by Crippen LogP contribution is -2.02. The van der Waals surface area contributed by atoms with Crippen LogP contribution in [0.3, 0.4) is 0 Å². The van der Waals surface area contributed by atoms with Crippen molar-refractivity contribution in [2.75, 3.05) is 6.61 Å². The van der Waals surface area contributed by atoms with Crippen LogP contribution in [0.15, 0.2) is 12.2 Å². The molecule has 106 valence electrons. The molecule has 0 aromatic carbocycles. The lowest BCUT2D eigenvalue weighted by Gasteiger charge is -1.99. The van der Waals surface area contributed by atoms with Gasteiger partial charge < -0.3 is 4.74 Å². The van der Waals surface area contributed by atoms with Crippen molar-refractivity contribution in [3.05, 3.63) is 12.2 Å². The van der Waals surface area contributed by atoms with Crippen molar-refractivity contribution < 1.29 is 9.53 Å². The topological polar surface area (TPSA) is 26.3 Å². The van der Waals surface area contributed by atoms with Crippen molar-refractivity contribution in [1.82, 2.24) is 0 Å². The van der Waals surface area contributed by atoms with Crippen LogP contribution in [0.1, 0.15) is 78.1 Å². The Bertz CT molecular complexity index is 209. The summed E-state index contributed by atoms with van der Waals surface area (Å²) in [5.41, 5.74) is 0. The molecule has 2 nitrogen and oxygen atoms in total. The number of allylic oxidation sites excluding steroid dienone is 2. The number of ether oxygens (including phenoxy) is 1. The Hall–Kier alpha value is -0.790. The highest BCUT2D eigenvalue weighted by Crippen LogP contribution is 2.07.